The summed E-state index contributed by atoms with van der Waals surface area (Å²) < 4.78 is 26.2. The summed E-state index contributed by atoms with van der Waals surface area (Å²) in [7, 11) is 2.05. The van der Waals surface area contributed by atoms with Gasteiger partial charge in [-0.15, -0.1) is 0 Å². The maximum atomic E-state index is 13.5. The Hall–Kier alpha value is -1.36. The minimum Gasteiger partial charge on any atom is -0.396 e. The summed E-state index contributed by atoms with van der Waals surface area (Å²) in [6, 6.07) is 3.03. The number of benzene rings is 1. The van der Waals surface area contributed by atoms with Crippen molar-refractivity contribution in [1.82, 2.24) is 4.90 Å². The summed E-state index contributed by atoms with van der Waals surface area (Å²) in [6.07, 6.45) is 0. The Morgan fingerprint density at radius 2 is 1.88 bits per heavy atom. The predicted molar refractivity (Wildman–Crippen MR) is 65.3 cm³/mol. The molecule has 0 unspecified atom stereocenters. The number of anilines is 2. The molecule has 0 atom stereocenters. The fourth-order valence-corrected chi connectivity index (χ4v) is 2.02. The molecule has 2 N–H and O–H groups in total. The van der Waals surface area contributed by atoms with Crippen LogP contribution in [0.1, 0.15) is 5.56 Å². The van der Waals surface area contributed by atoms with Crippen molar-refractivity contribution < 1.29 is 8.78 Å². The molecule has 94 valence electrons. The van der Waals surface area contributed by atoms with Gasteiger partial charge in [0.15, 0.2) is 0 Å². The van der Waals surface area contributed by atoms with Crippen LogP contribution in [0.3, 0.4) is 0 Å². The molecule has 5 heteroatoms. The minimum atomic E-state index is -0.732. The van der Waals surface area contributed by atoms with Crippen LogP contribution in [-0.2, 0) is 6.67 Å². The molecule has 0 saturated carbocycles. The average Bonchev–Trinajstić information content (AvgIpc) is 2.33. The van der Waals surface area contributed by atoms with E-state index < -0.39 is 12.5 Å². The van der Waals surface area contributed by atoms with Crippen molar-refractivity contribution >= 4 is 11.4 Å². The maximum Gasteiger partial charge on any atom is 0.148 e. The highest BCUT2D eigenvalue weighted by Crippen LogP contribution is 2.26. The third kappa shape index (κ3) is 2.49. The summed E-state index contributed by atoms with van der Waals surface area (Å²) in [5, 5.41) is 0. The first kappa shape index (κ1) is 12.1. The van der Waals surface area contributed by atoms with E-state index in [1.807, 2.05) is 7.05 Å². The molecule has 1 aromatic rings. The smallest absolute Gasteiger partial charge is 0.148 e. The third-order valence-electron chi connectivity index (χ3n) is 3.21. The quantitative estimate of drug-likeness (QED) is 0.799. The molecule has 0 bridgehead atoms. The molecule has 1 aromatic carbocycles. The number of nitrogens with two attached hydrogens (primary N) is 1. The second-order valence-electron chi connectivity index (χ2n) is 4.42. The highest BCUT2D eigenvalue weighted by atomic mass is 19.1. The van der Waals surface area contributed by atoms with Gasteiger partial charge in [0.2, 0.25) is 0 Å². The Bertz CT molecular complexity index is 401. The molecule has 0 aromatic heterocycles. The first-order valence-electron chi connectivity index (χ1n) is 5.69. The maximum absolute atomic E-state index is 13.5. The van der Waals surface area contributed by atoms with Crippen molar-refractivity contribution in [2.75, 3.05) is 43.9 Å². The molecule has 1 fully saturated rings. The number of piperazine rings is 1. The number of hydrogen-bond donors (Lipinski definition) is 1. The van der Waals surface area contributed by atoms with E-state index in [9.17, 15) is 8.78 Å². The van der Waals surface area contributed by atoms with E-state index in [0.717, 1.165) is 31.9 Å². The van der Waals surface area contributed by atoms with Gasteiger partial charge < -0.3 is 15.5 Å². The summed E-state index contributed by atoms with van der Waals surface area (Å²) >= 11 is 0. The zero-order valence-corrected chi connectivity index (χ0v) is 9.92. The number of hydrogen-bond acceptors (Lipinski definition) is 3. The predicted octanol–water partition coefficient (Wildman–Crippen LogP) is 1.63. The zero-order valence-electron chi connectivity index (χ0n) is 9.92. The lowest BCUT2D eigenvalue weighted by Gasteiger charge is -2.34. The third-order valence-corrected chi connectivity index (χ3v) is 3.21. The Balaban J connectivity index is 2.24. The summed E-state index contributed by atoms with van der Waals surface area (Å²) in [5.74, 6) is -0.533. The van der Waals surface area contributed by atoms with Crippen LogP contribution in [-0.4, -0.2) is 38.1 Å². The van der Waals surface area contributed by atoms with Crippen molar-refractivity contribution in [3.63, 3.8) is 0 Å². The number of nitrogens with zero attached hydrogens (tertiary/aromatic N) is 2. The first-order chi connectivity index (χ1) is 8.11. The lowest BCUT2D eigenvalue weighted by Crippen LogP contribution is -2.44. The molecule has 1 saturated heterocycles. The van der Waals surface area contributed by atoms with Crippen molar-refractivity contribution in [3.05, 3.63) is 23.5 Å². The van der Waals surface area contributed by atoms with Crippen LogP contribution >= 0.6 is 0 Å². The van der Waals surface area contributed by atoms with Crippen LogP contribution in [0.2, 0.25) is 0 Å². The van der Waals surface area contributed by atoms with Gasteiger partial charge in [-0.2, -0.15) is 0 Å². The van der Waals surface area contributed by atoms with E-state index in [-0.39, 0.29) is 11.3 Å². The topological polar surface area (TPSA) is 32.5 Å². The van der Waals surface area contributed by atoms with Crippen molar-refractivity contribution in [1.29, 1.82) is 0 Å². The lowest BCUT2D eigenvalue weighted by molar-refractivity contribution is 0.312. The van der Waals surface area contributed by atoms with Crippen LogP contribution in [0.25, 0.3) is 0 Å². The average molecular weight is 241 g/mol. The molecular formula is C12H17F2N3. The number of likely N-dealkylation sites (N-methyl/N-ethyl adjacent to an activating group) is 1. The highest BCUT2D eigenvalue weighted by molar-refractivity contribution is 5.59. The van der Waals surface area contributed by atoms with E-state index in [4.69, 9.17) is 5.73 Å². The van der Waals surface area contributed by atoms with Crippen molar-refractivity contribution in [2.45, 2.75) is 6.67 Å². The van der Waals surface area contributed by atoms with Crippen molar-refractivity contribution in [3.8, 4) is 0 Å². The highest BCUT2D eigenvalue weighted by Gasteiger charge is 2.17. The molecule has 0 amide bonds. The largest absolute Gasteiger partial charge is 0.396 e. The molecule has 2 rings (SSSR count). The van der Waals surface area contributed by atoms with Crippen LogP contribution in [0, 0.1) is 5.82 Å². The van der Waals surface area contributed by atoms with Gasteiger partial charge in [0.1, 0.15) is 12.5 Å². The number of halogens is 2. The van der Waals surface area contributed by atoms with Gasteiger partial charge in [-0.1, -0.05) is 0 Å². The first-order valence-corrected chi connectivity index (χ1v) is 5.69. The molecule has 3 nitrogen and oxygen atoms in total. The van der Waals surface area contributed by atoms with Gasteiger partial charge in [-0.25, -0.2) is 8.78 Å². The fourth-order valence-electron chi connectivity index (χ4n) is 2.02. The van der Waals surface area contributed by atoms with Crippen LogP contribution in [0.4, 0.5) is 20.2 Å². The standard InChI is InChI=1S/C12H17F2N3/c1-16-2-4-17(5-3-16)10-6-9(8-13)12(15)11(14)7-10/h6-7H,2-5,8,15H2,1H3. The number of nitrogen functional groups attached to an aromatic ring is 1. The van der Waals surface area contributed by atoms with E-state index in [2.05, 4.69) is 9.80 Å². The van der Waals surface area contributed by atoms with Crippen molar-refractivity contribution in [2.24, 2.45) is 0 Å². The van der Waals surface area contributed by atoms with Gasteiger partial charge in [0.25, 0.3) is 0 Å². The van der Waals surface area contributed by atoms with Crippen LogP contribution in [0.15, 0.2) is 12.1 Å². The Morgan fingerprint density at radius 1 is 1.24 bits per heavy atom. The van der Waals surface area contributed by atoms with E-state index >= 15 is 0 Å². The Labute approximate surface area is 99.8 Å². The Kier molecular flexibility index (Phi) is 3.47. The molecule has 0 spiro atoms. The van der Waals surface area contributed by atoms with Gasteiger partial charge in [0.05, 0.1) is 5.69 Å². The number of alkyl halides is 1. The lowest BCUT2D eigenvalue weighted by atomic mass is 10.1. The molecule has 1 aliphatic heterocycles. The molecule has 1 aliphatic rings. The normalized spacial score (nSPS) is 17.5. The Morgan fingerprint density at radius 3 is 2.47 bits per heavy atom. The van der Waals surface area contributed by atoms with E-state index in [0.29, 0.717) is 0 Å². The van der Waals surface area contributed by atoms with Gasteiger partial charge in [-0.05, 0) is 19.2 Å². The van der Waals surface area contributed by atoms with E-state index in [1.54, 1.807) is 6.07 Å². The second-order valence-corrected chi connectivity index (χ2v) is 4.42. The number of rotatable bonds is 2. The fraction of sp³-hybridized carbons (Fsp3) is 0.500. The molecular weight excluding hydrogens is 224 g/mol. The molecule has 17 heavy (non-hydrogen) atoms. The second kappa shape index (κ2) is 4.87. The monoisotopic (exact) mass is 241 g/mol. The molecule has 1 heterocycles. The summed E-state index contributed by atoms with van der Waals surface area (Å²) in [5.41, 5.74) is 6.35. The van der Waals surface area contributed by atoms with Crippen LogP contribution in [0.5, 0.6) is 0 Å². The summed E-state index contributed by atoms with van der Waals surface area (Å²) in [4.78, 5) is 4.27. The minimum absolute atomic E-state index is 0.0784. The van der Waals surface area contributed by atoms with Crippen LogP contribution < -0.4 is 10.6 Å². The van der Waals surface area contributed by atoms with Gasteiger partial charge in [0, 0.05) is 37.4 Å². The zero-order chi connectivity index (χ0) is 12.4. The van der Waals surface area contributed by atoms with Gasteiger partial charge in [-0.3, -0.25) is 0 Å². The SMILES string of the molecule is CN1CCN(c2cc(F)c(N)c(CF)c2)CC1. The molecule has 0 aliphatic carbocycles. The van der Waals surface area contributed by atoms with E-state index in [1.165, 1.54) is 6.07 Å². The van der Waals surface area contributed by atoms with Gasteiger partial charge >= 0.3 is 0 Å². The molecule has 0 radical (unpaired) electrons. The summed E-state index contributed by atoms with van der Waals surface area (Å²) in [6.45, 7) is 2.77.